The molecule has 1 amide bonds. The molecule has 0 spiro atoms. The Balaban J connectivity index is 1.38. The smallest absolute Gasteiger partial charge is 0.253 e. The summed E-state index contributed by atoms with van der Waals surface area (Å²) in [5, 5.41) is 8.78. The molecule has 2 aromatic carbocycles. The minimum absolute atomic E-state index is 0.0387. The lowest BCUT2D eigenvalue weighted by Crippen LogP contribution is -2.49. The van der Waals surface area contributed by atoms with Crippen LogP contribution in [0.25, 0.3) is 11.3 Å². The van der Waals surface area contributed by atoms with Crippen LogP contribution in [0.15, 0.2) is 60.7 Å². The lowest BCUT2D eigenvalue weighted by molar-refractivity contribution is 0.0746. The Hall–Kier alpha value is -3.61. The Kier molecular flexibility index (Phi) is 5.79. The second-order valence-electron chi connectivity index (χ2n) is 7.02. The molecule has 2 heterocycles. The van der Waals surface area contributed by atoms with Crippen LogP contribution in [0.5, 0.6) is 11.5 Å². The van der Waals surface area contributed by atoms with E-state index in [0.717, 1.165) is 41.7 Å². The second kappa shape index (κ2) is 8.82. The number of piperazine rings is 1. The number of aromatic nitrogens is 2. The highest BCUT2D eigenvalue weighted by Gasteiger charge is 2.23. The minimum atomic E-state index is 0.0387. The Bertz CT molecular complexity index is 998. The van der Waals surface area contributed by atoms with Crippen molar-refractivity contribution < 1.29 is 14.3 Å². The zero-order chi connectivity index (χ0) is 20.9. The van der Waals surface area contributed by atoms with Crippen molar-refractivity contribution in [3.8, 4) is 22.8 Å². The van der Waals surface area contributed by atoms with Crippen LogP contribution < -0.4 is 14.4 Å². The van der Waals surface area contributed by atoms with Gasteiger partial charge >= 0.3 is 0 Å². The van der Waals surface area contributed by atoms with Crippen LogP contribution in [-0.4, -0.2) is 61.4 Å². The Labute approximate surface area is 175 Å². The normalized spacial score (nSPS) is 13.8. The van der Waals surface area contributed by atoms with Gasteiger partial charge in [-0.1, -0.05) is 12.1 Å². The number of ether oxygens (including phenoxy) is 2. The summed E-state index contributed by atoms with van der Waals surface area (Å²) in [7, 11) is 3.26. The predicted octanol–water partition coefficient (Wildman–Crippen LogP) is 3.12. The van der Waals surface area contributed by atoms with Crippen LogP contribution in [0.4, 0.5) is 5.82 Å². The zero-order valence-electron chi connectivity index (χ0n) is 17.1. The quantitative estimate of drug-likeness (QED) is 0.651. The van der Waals surface area contributed by atoms with Gasteiger partial charge in [0.05, 0.1) is 19.9 Å². The molecule has 30 heavy (non-hydrogen) atoms. The van der Waals surface area contributed by atoms with Gasteiger partial charge in [-0.15, -0.1) is 10.2 Å². The number of hydrogen-bond acceptors (Lipinski definition) is 6. The number of carbonyl (C=O) groups excluding carboxylic acids is 1. The molecule has 1 aromatic heterocycles. The number of hydrogen-bond donors (Lipinski definition) is 0. The third kappa shape index (κ3) is 4.20. The minimum Gasteiger partial charge on any atom is -0.497 e. The molecule has 0 N–H and O–H groups in total. The van der Waals surface area contributed by atoms with Gasteiger partial charge in [-0.25, -0.2) is 0 Å². The number of benzene rings is 2. The van der Waals surface area contributed by atoms with Crippen molar-refractivity contribution in [2.75, 3.05) is 45.3 Å². The van der Waals surface area contributed by atoms with Crippen LogP contribution in [0.3, 0.4) is 0 Å². The van der Waals surface area contributed by atoms with E-state index in [1.54, 1.807) is 26.4 Å². The lowest BCUT2D eigenvalue weighted by Gasteiger charge is -2.35. The van der Waals surface area contributed by atoms with Crippen LogP contribution in [0.2, 0.25) is 0 Å². The van der Waals surface area contributed by atoms with E-state index in [4.69, 9.17) is 9.47 Å². The van der Waals surface area contributed by atoms with Crippen molar-refractivity contribution in [2.24, 2.45) is 0 Å². The van der Waals surface area contributed by atoms with Crippen LogP contribution in [0.1, 0.15) is 10.4 Å². The molecule has 1 aliphatic heterocycles. The van der Waals surface area contributed by atoms with Gasteiger partial charge in [0.25, 0.3) is 5.91 Å². The summed E-state index contributed by atoms with van der Waals surface area (Å²) in [4.78, 5) is 16.7. The van der Waals surface area contributed by atoms with E-state index in [0.29, 0.717) is 18.7 Å². The van der Waals surface area contributed by atoms with Crippen molar-refractivity contribution in [3.63, 3.8) is 0 Å². The van der Waals surface area contributed by atoms with Crippen LogP contribution >= 0.6 is 0 Å². The number of anilines is 1. The molecule has 154 valence electrons. The maximum Gasteiger partial charge on any atom is 0.253 e. The summed E-state index contributed by atoms with van der Waals surface area (Å²) < 4.78 is 10.4. The Morgan fingerprint density at radius 2 is 1.57 bits per heavy atom. The van der Waals surface area contributed by atoms with Gasteiger partial charge in [0.1, 0.15) is 11.5 Å². The van der Waals surface area contributed by atoms with Crippen LogP contribution in [-0.2, 0) is 0 Å². The number of carbonyl (C=O) groups is 1. The average molecular weight is 404 g/mol. The molecule has 0 atom stereocenters. The lowest BCUT2D eigenvalue weighted by atomic mass is 10.1. The first kappa shape index (κ1) is 19.7. The van der Waals surface area contributed by atoms with Gasteiger partial charge in [-0.2, -0.15) is 0 Å². The van der Waals surface area contributed by atoms with Crippen molar-refractivity contribution in [2.45, 2.75) is 0 Å². The molecule has 1 saturated heterocycles. The molecule has 7 heteroatoms. The number of nitrogens with zero attached hydrogens (tertiary/aromatic N) is 4. The first-order chi connectivity index (χ1) is 14.7. The fourth-order valence-corrected chi connectivity index (χ4v) is 3.49. The molecule has 0 unspecified atom stereocenters. The molecule has 3 aromatic rings. The monoisotopic (exact) mass is 404 g/mol. The summed E-state index contributed by atoms with van der Waals surface area (Å²) in [6.07, 6.45) is 0. The molecule has 0 bridgehead atoms. The summed E-state index contributed by atoms with van der Waals surface area (Å²) in [5.74, 6) is 2.39. The van der Waals surface area contributed by atoms with E-state index in [2.05, 4.69) is 15.1 Å². The van der Waals surface area contributed by atoms with Crippen molar-refractivity contribution >= 4 is 11.7 Å². The Morgan fingerprint density at radius 1 is 0.833 bits per heavy atom. The van der Waals surface area contributed by atoms with Crippen LogP contribution in [0, 0.1) is 0 Å². The largest absolute Gasteiger partial charge is 0.497 e. The van der Waals surface area contributed by atoms with E-state index in [-0.39, 0.29) is 5.91 Å². The van der Waals surface area contributed by atoms with E-state index >= 15 is 0 Å². The van der Waals surface area contributed by atoms with E-state index in [1.165, 1.54) is 0 Å². The molecule has 0 saturated carbocycles. The first-order valence-electron chi connectivity index (χ1n) is 9.84. The Morgan fingerprint density at radius 3 is 2.20 bits per heavy atom. The summed E-state index contributed by atoms with van der Waals surface area (Å²) in [5.41, 5.74) is 2.43. The highest BCUT2D eigenvalue weighted by Crippen LogP contribution is 2.23. The van der Waals surface area contributed by atoms with E-state index in [9.17, 15) is 4.79 Å². The molecule has 0 radical (unpaired) electrons. The summed E-state index contributed by atoms with van der Waals surface area (Å²) in [6.45, 7) is 2.72. The van der Waals surface area contributed by atoms with Crippen molar-refractivity contribution in [1.29, 1.82) is 0 Å². The molecule has 7 nitrogen and oxygen atoms in total. The summed E-state index contributed by atoms with van der Waals surface area (Å²) in [6, 6.07) is 18.9. The van der Waals surface area contributed by atoms with Gasteiger partial charge in [-0.05, 0) is 48.5 Å². The second-order valence-corrected chi connectivity index (χ2v) is 7.02. The third-order valence-electron chi connectivity index (χ3n) is 5.24. The number of rotatable bonds is 5. The highest BCUT2D eigenvalue weighted by atomic mass is 16.5. The SMILES string of the molecule is COc1ccc(C(=O)N2CCN(c3ccc(-c4cccc(OC)c4)nn3)CC2)cc1. The molecule has 1 fully saturated rings. The molecular weight excluding hydrogens is 380 g/mol. The van der Waals surface area contributed by atoms with Gasteiger partial charge in [0.15, 0.2) is 5.82 Å². The van der Waals surface area contributed by atoms with E-state index in [1.807, 2.05) is 53.4 Å². The van der Waals surface area contributed by atoms with Gasteiger partial charge in [0, 0.05) is 37.3 Å². The maximum absolute atomic E-state index is 12.7. The van der Waals surface area contributed by atoms with Crippen molar-refractivity contribution in [3.05, 3.63) is 66.2 Å². The standard InChI is InChI=1S/C23H24N4O3/c1-29-19-8-6-17(7-9-19)23(28)27-14-12-26(13-15-27)22-11-10-21(24-25-22)18-4-3-5-20(16-18)30-2/h3-11,16H,12-15H2,1-2H3. The highest BCUT2D eigenvalue weighted by molar-refractivity contribution is 5.94. The number of amides is 1. The average Bonchev–Trinajstić information content (AvgIpc) is 2.84. The molecular formula is C23H24N4O3. The predicted molar refractivity (Wildman–Crippen MR) is 115 cm³/mol. The first-order valence-corrected chi connectivity index (χ1v) is 9.84. The maximum atomic E-state index is 12.7. The summed E-state index contributed by atoms with van der Waals surface area (Å²) >= 11 is 0. The van der Waals surface area contributed by atoms with E-state index < -0.39 is 0 Å². The van der Waals surface area contributed by atoms with Gasteiger partial charge in [0.2, 0.25) is 0 Å². The fraction of sp³-hybridized carbons (Fsp3) is 0.261. The topological polar surface area (TPSA) is 67.8 Å². The van der Waals surface area contributed by atoms with Gasteiger partial charge < -0.3 is 19.3 Å². The third-order valence-corrected chi connectivity index (χ3v) is 5.24. The van der Waals surface area contributed by atoms with Gasteiger partial charge in [-0.3, -0.25) is 4.79 Å². The fourth-order valence-electron chi connectivity index (χ4n) is 3.49. The van der Waals surface area contributed by atoms with Crippen molar-refractivity contribution in [1.82, 2.24) is 15.1 Å². The molecule has 0 aliphatic carbocycles. The molecule has 1 aliphatic rings. The zero-order valence-corrected chi connectivity index (χ0v) is 17.1. The number of methoxy groups -OCH3 is 2. The molecule has 4 rings (SSSR count).